The summed E-state index contributed by atoms with van der Waals surface area (Å²) in [5.74, 6) is 1.31. The Morgan fingerprint density at radius 3 is 2.70 bits per heavy atom. The molecule has 0 aliphatic heterocycles. The Kier molecular flexibility index (Phi) is 4.21. The van der Waals surface area contributed by atoms with Crippen molar-refractivity contribution in [1.29, 1.82) is 0 Å². The quantitative estimate of drug-likeness (QED) is 0.787. The third-order valence-electron chi connectivity index (χ3n) is 2.58. The van der Waals surface area contributed by atoms with Crippen molar-refractivity contribution in [3.63, 3.8) is 0 Å². The molecule has 0 unspecified atom stereocenters. The molecule has 2 aromatic rings. The van der Waals surface area contributed by atoms with Crippen LogP contribution in [0.4, 0.5) is 0 Å². The molecule has 0 bridgehead atoms. The van der Waals surface area contributed by atoms with E-state index in [1.54, 1.807) is 6.92 Å². The minimum absolute atomic E-state index is 0.0193. The van der Waals surface area contributed by atoms with Crippen LogP contribution in [-0.2, 0) is 23.1 Å². The number of aryl methyl sites for hydroxylation is 2. The summed E-state index contributed by atoms with van der Waals surface area (Å²) < 4.78 is 36.4. The normalized spacial score (nSPS) is 11.9. The maximum Gasteiger partial charge on any atom is 0.244 e. The molecule has 0 radical (unpaired) electrons. The zero-order chi connectivity index (χ0) is 14.8. The maximum absolute atomic E-state index is 12.1. The van der Waals surface area contributed by atoms with E-state index in [2.05, 4.69) is 14.9 Å². The molecular formula is C11H15N3O5S. The van der Waals surface area contributed by atoms with E-state index in [0.29, 0.717) is 18.1 Å². The first kappa shape index (κ1) is 14.7. The number of nitrogens with zero attached hydrogens (tertiary/aromatic N) is 2. The Hall–Kier alpha value is -1.71. The predicted molar refractivity (Wildman–Crippen MR) is 67.3 cm³/mol. The van der Waals surface area contributed by atoms with E-state index in [1.807, 2.05) is 0 Å². The molecule has 0 saturated heterocycles. The van der Waals surface area contributed by atoms with Gasteiger partial charge in [-0.2, -0.15) is 4.98 Å². The number of furan rings is 1. The highest BCUT2D eigenvalue weighted by Gasteiger charge is 2.21. The van der Waals surface area contributed by atoms with Crippen LogP contribution in [0.1, 0.15) is 23.2 Å². The number of nitrogens with one attached hydrogen (secondary N) is 1. The van der Waals surface area contributed by atoms with Gasteiger partial charge in [-0.1, -0.05) is 5.16 Å². The molecule has 0 aromatic carbocycles. The van der Waals surface area contributed by atoms with Gasteiger partial charge in [0.05, 0.1) is 0 Å². The number of aromatic nitrogens is 2. The summed E-state index contributed by atoms with van der Waals surface area (Å²) in [5, 5.41) is 12.6. The number of hydrogen-bond donors (Lipinski definition) is 2. The van der Waals surface area contributed by atoms with Crippen LogP contribution >= 0.6 is 0 Å². The zero-order valence-corrected chi connectivity index (χ0v) is 11.9. The largest absolute Gasteiger partial charge is 0.462 e. The molecule has 0 aliphatic rings. The number of hydrogen-bond acceptors (Lipinski definition) is 7. The summed E-state index contributed by atoms with van der Waals surface area (Å²) in [6.45, 7) is 2.97. The minimum Gasteiger partial charge on any atom is -0.462 e. The molecule has 9 heteroatoms. The lowest BCUT2D eigenvalue weighted by atomic mass is 10.4. The Morgan fingerprint density at radius 2 is 2.15 bits per heavy atom. The van der Waals surface area contributed by atoms with Gasteiger partial charge in [-0.25, -0.2) is 13.1 Å². The lowest BCUT2D eigenvalue weighted by molar-refractivity contribution is 0.244. The van der Waals surface area contributed by atoms with Crippen LogP contribution in [0.15, 0.2) is 19.9 Å². The first-order valence-electron chi connectivity index (χ1n) is 5.91. The van der Waals surface area contributed by atoms with Gasteiger partial charge in [0, 0.05) is 26.0 Å². The molecule has 0 aliphatic carbocycles. The molecule has 0 atom stereocenters. The second-order valence-electron chi connectivity index (χ2n) is 4.17. The molecule has 2 N–H and O–H groups in total. The second kappa shape index (κ2) is 5.73. The van der Waals surface area contributed by atoms with E-state index in [0.717, 1.165) is 0 Å². The van der Waals surface area contributed by atoms with E-state index in [4.69, 9.17) is 14.0 Å². The molecule has 0 saturated carbocycles. The van der Waals surface area contributed by atoms with Crippen LogP contribution in [0.25, 0.3) is 0 Å². The van der Waals surface area contributed by atoms with Crippen LogP contribution in [0.2, 0.25) is 0 Å². The standard InChI is InChI=1S/C11H15N3O5S/c1-7-10(5-9(6-15)18-7)20(16,17)12-4-3-11-13-8(2)19-14-11/h5,12,15H,3-4,6H2,1-2H3. The third kappa shape index (κ3) is 3.24. The Morgan fingerprint density at radius 1 is 1.40 bits per heavy atom. The SMILES string of the molecule is Cc1nc(CCNS(=O)(=O)c2cc(CO)oc2C)no1. The van der Waals surface area contributed by atoms with Gasteiger partial charge in [-0.05, 0) is 6.92 Å². The zero-order valence-electron chi connectivity index (χ0n) is 11.1. The van der Waals surface area contributed by atoms with E-state index >= 15 is 0 Å². The van der Waals surface area contributed by atoms with Gasteiger partial charge in [-0.15, -0.1) is 0 Å². The number of rotatable bonds is 6. The van der Waals surface area contributed by atoms with Crippen molar-refractivity contribution in [2.24, 2.45) is 0 Å². The van der Waals surface area contributed by atoms with Crippen LogP contribution < -0.4 is 4.72 Å². The fraction of sp³-hybridized carbons (Fsp3) is 0.455. The highest BCUT2D eigenvalue weighted by molar-refractivity contribution is 7.89. The summed E-state index contributed by atoms with van der Waals surface area (Å²) in [6.07, 6.45) is 0.320. The average Bonchev–Trinajstić information content (AvgIpc) is 2.95. The summed E-state index contributed by atoms with van der Waals surface area (Å²) in [5.41, 5.74) is 0. The molecule has 0 fully saturated rings. The van der Waals surface area contributed by atoms with E-state index in [1.165, 1.54) is 13.0 Å². The highest BCUT2D eigenvalue weighted by atomic mass is 32.2. The topological polar surface area (TPSA) is 118 Å². The summed E-state index contributed by atoms with van der Waals surface area (Å²) >= 11 is 0. The first-order valence-corrected chi connectivity index (χ1v) is 7.39. The van der Waals surface area contributed by atoms with Gasteiger partial charge in [0.25, 0.3) is 0 Å². The van der Waals surface area contributed by atoms with Crippen molar-refractivity contribution in [2.45, 2.75) is 31.8 Å². The van der Waals surface area contributed by atoms with Crippen LogP contribution in [0.5, 0.6) is 0 Å². The molecule has 2 rings (SSSR count). The molecular weight excluding hydrogens is 286 g/mol. The van der Waals surface area contributed by atoms with Gasteiger partial charge in [0.15, 0.2) is 5.82 Å². The highest BCUT2D eigenvalue weighted by Crippen LogP contribution is 2.19. The van der Waals surface area contributed by atoms with Crippen molar-refractivity contribution < 1.29 is 22.5 Å². The molecule has 20 heavy (non-hydrogen) atoms. The van der Waals surface area contributed by atoms with Crippen molar-refractivity contribution in [2.75, 3.05) is 6.54 Å². The third-order valence-corrected chi connectivity index (χ3v) is 4.15. The molecule has 0 spiro atoms. The maximum atomic E-state index is 12.1. The van der Waals surface area contributed by atoms with Gasteiger partial charge in [0.2, 0.25) is 15.9 Å². The lowest BCUT2D eigenvalue weighted by Crippen LogP contribution is -2.26. The van der Waals surface area contributed by atoms with Crippen molar-refractivity contribution in [3.8, 4) is 0 Å². The van der Waals surface area contributed by atoms with Crippen molar-refractivity contribution >= 4 is 10.0 Å². The summed E-state index contributed by atoms with van der Waals surface area (Å²) in [4.78, 5) is 3.99. The van der Waals surface area contributed by atoms with Gasteiger partial charge < -0.3 is 14.0 Å². The van der Waals surface area contributed by atoms with Crippen LogP contribution in [0.3, 0.4) is 0 Å². The monoisotopic (exact) mass is 301 g/mol. The van der Waals surface area contributed by atoms with Crippen LogP contribution in [-0.4, -0.2) is 30.2 Å². The first-order chi connectivity index (χ1) is 9.42. The van der Waals surface area contributed by atoms with Crippen LogP contribution in [0, 0.1) is 13.8 Å². The van der Waals surface area contributed by atoms with Gasteiger partial charge in [-0.3, -0.25) is 0 Å². The molecule has 8 nitrogen and oxygen atoms in total. The second-order valence-corrected chi connectivity index (χ2v) is 5.90. The molecule has 0 amide bonds. The number of sulfonamides is 1. The predicted octanol–water partition coefficient (Wildman–Crippen LogP) is 0.293. The average molecular weight is 301 g/mol. The van der Waals surface area contributed by atoms with E-state index in [9.17, 15) is 8.42 Å². The molecule has 110 valence electrons. The number of aliphatic hydroxyl groups excluding tert-OH is 1. The van der Waals surface area contributed by atoms with E-state index < -0.39 is 10.0 Å². The Balaban J connectivity index is 2.01. The summed E-state index contributed by atoms with van der Waals surface area (Å²) in [7, 11) is -3.68. The molecule has 2 aromatic heterocycles. The molecule has 2 heterocycles. The Labute approximate surface area is 115 Å². The minimum atomic E-state index is -3.68. The van der Waals surface area contributed by atoms with E-state index in [-0.39, 0.29) is 29.6 Å². The van der Waals surface area contributed by atoms with Gasteiger partial charge >= 0.3 is 0 Å². The number of aliphatic hydroxyl groups is 1. The fourth-order valence-corrected chi connectivity index (χ4v) is 2.92. The van der Waals surface area contributed by atoms with Crippen molar-refractivity contribution in [1.82, 2.24) is 14.9 Å². The summed E-state index contributed by atoms with van der Waals surface area (Å²) in [6, 6.07) is 1.30. The Bertz CT molecular complexity index is 689. The smallest absolute Gasteiger partial charge is 0.244 e. The van der Waals surface area contributed by atoms with Crippen molar-refractivity contribution in [3.05, 3.63) is 29.3 Å². The fourth-order valence-electron chi connectivity index (χ4n) is 1.69. The van der Waals surface area contributed by atoms with Gasteiger partial charge in [0.1, 0.15) is 23.0 Å². The lowest BCUT2D eigenvalue weighted by Gasteiger charge is -2.03.